The van der Waals surface area contributed by atoms with Gasteiger partial charge in [0.15, 0.2) is 5.82 Å². The van der Waals surface area contributed by atoms with E-state index in [0.717, 1.165) is 22.0 Å². The highest BCUT2D eigenvalue weighted by atomic mass is 32.1. The Hall–Kier alpha value is -2.21. The second-order valence-corrected chi connectivity index (χ2v) is 6.19. The number of hydrogen-bond acceptors (Lipinski definition) is 6. The van der Waals surface area contributed by atoms with Gasteiger partial charge in [0.05, 0.1) is 24.2 Å². The Balaban J connectivity index is 1.75. The minimum absolute atomic E-state index is 0.572. The van der Waals surface area contributed by atoms with Gasteiger partial charge in [-0.15, -0.1) is 11.3 Å². The molecule has 0 unspecified atom stereocenters. The third-order valence-corrected chi connectivity index (χ3v) is 4.12. The molecular weight excluding hydrogens is 298 g/mol. The lowest BCUT2D eigenvalue weighted by atomic mass is 10.1. The highest BCUT2D eigenvalue weighted by Gasteiger charge is 2.12. The average molecular weight is 315 g/mol. The molecule has 0 atom stereocenters. The third kappa shape index (κ3) is 3.33. The number of aryl methyl sites for hydroxylation is 2. The van der Waals surface area contributed by atoms with E-state index in [2.05, 4.69) is 28.1 Å². The number of aromatic nitrogens is 3. The van der Waals surface area contributed by atoms with Crippen LogP contribution in [0.2, 0.25) is 0 Å². The molecule has 0 aliphatic carbocycles. The fourth-order valence-corrected chi connectivity index (χ4v) is 2.91. The first-order chi connectivity index (χ1) is 10.6. The lowest BCUT2D eigenvalue weighted by molar-refractivity contribution is 0.379. The normalized spacial score (nSPS) is 10.9. The van der Waals surface area contributed by atoms with Crippen LogP contribution in [-0.2, 0) is 12.8 Å². The SMILES string of the molecule is COc1ccc(C)cc1Cc1noc(Cc2csc(C)n2)n1. The van der Waals surface area contributed by atoms with Gasteiger partial charge in [0.2, 0.25) is 5.89 Å². The van der Waals surface area contributed by atoms with E-state index in [0.29, 0.717) is 24.6 Å². The molecule has 1 aromatic carbocycles. The predicted octanol–water partition coefficient (Wildman–Crippen LogP) is 3.33. The van der Waals surface area contributed by atoms with Gasteiger partial charge in [-0.05, 0) is 19.9 Å². The zero-order valence-corrected chi connectivity index (χ0v) is 13.6. The van der Waals surface area contributed by atoms with Crippen molar-refractivity contribution in [1.29, 1.82) is 0 Å². The molecule has 3 rings (SSSR count). The van der Waals surface area contributed by atoms with E-state index < -0.39 is 0 Å². The maximum Gasteiger partial charge on any atom is 0.232 e. The van der Waals surface area contributed by atoms with Gasteiger partial charge in [0, 0.05) is 17.4 Å². The lowest BCUT2D eigenvalue weighted by Crippen LogP contribution is -1.97. The molecule has 2 aromatic heterocycles. The van der Waals surface area contributed by atoms with Crippen LogP contribution < -0.4 is 4.74 Å². The van der Waals surface area contributed by atoms with Gasteiger partial charge < -0.3 is 9.26 Å². The van der Waals surface area contributed by atoms with E-state index in [1.807, 2.05) is 24.4 Å². The number of rotatable bonds is 5. The number of hydrogen-bond donors (Lipinski definition) is 0. The van der Waals surface area contributed by atoms with Crippen LogP contribution in [0.5, 0.6) is 5.75 Å². The summed E-state index contributed by atoms with van der Waals surface area (Å²) in [7, 11) is 1.67. The molecule has 3 aromatic rings. The molecule has 0 aliphatic rings. The zero-order chi connectivity index (χ0) is 15.5. The van der Waals surface area contributed by atoms with E-state index in [9.17, 15) is 0 Å². The minimum atomic E-state index is 0.572. The summed E-state index contributed by atoms with van der Waals surface area (Å²) in [4.78, 5) is 8.86. The monoisotopic (exact) mass is 315 g/mol. The smallest absolute Gasteiger partial charge is 0.232 e. The van der Waals surface area contributed by atoms with Crippen LogP contribution >= 0.6 is 11.3 Å². The number of thiazole rings is 1. The van der Waals surface area contributed by atoms with Crippen LogP contribution in [-0.4, -0.2) is 22.2 Å². The van der Waals surface area contributed by atoms with Gasteiger partial charge >= 0.3 is 0 Å². The number of methoxy groups -OCH3 is 1. The van der Waals surface area contributed by atoms with Crippen molar-refractivity contribution in [2.24, 2.45) is 0 Å². The van der Waals surface area contributed by atoms with Gasteiger partial charge in [-0.3, -0.25) is 0 Å². The quantitative estimate of drug-likeness (QED) is 0.722. The maximum absolute atomic E-state index is 5.38. The van der Waals surface area contributed by atoms with Gasteiger partial charge in [0.25, 0.3) is 0 Å². The molecule has 0 spiro atoms. The average Bonchev–Trinajstić information content (AvgIpc) is 3.09. The van der Waals surface area contributed by atoms with Gasteiger partial charge in [-0.1, -0.05) is 22.9 Å². The molecule has 0 fully saturated rings. The molecule has 0 aliphatic heterocycles. The van der Waals surface area contributed by atoms with Crippen molar-refractivity contribution in [2.75, 3.05) is 7.11 Å². The van der Waals surface area contributed by atoms with Crippen LogP contribution in [0.15, 0.2) is 28.1 Å². The molecule has 2 heterocycles. The van der Waals surface area contributed by atoms with Gasteiger partial charge in [-0.2, -0.15) is 4.98 Å². The minimum Gasteiger partial charge on any atom is -0.496 e. The summed E-state index contributed by atoms with van der Waals surface area (Å²) >= 11 is 1.62. The Morgan fingerprint density at radius 2 is 2.05 bits per heavy atom. The topological polar surface area (TPSA) is 61.0 Å². The molecule has 0 saturated heterocycles. The molecule has 22 heavy (non-hydrogen) atoms. The van der Waals surface area contributed by atoms with Crippen molar-refractivity contribution in [1.82, 2.24) is 15.1 Å². The number of benzene rings is 1. The summed E-state index contributed by atoms with van der Waals surface area (Å²) in [6.07, 6.45) is 1.16. The standard InChI is InChI=1S/C16H17N3O2S/c1-10-4-5-14(20-3)12(6-10)7-15-18-16(21-19-15)8-13-9-22-11(2)17-13/h4-6,9H,7-8H2,1-3H3. The summed E-state index contributed by atoms with van der Waals surface area (Å²) in [5.41, 5.74) is 3.20. The number of ether oxygens (including phenoxy) is 1. The first-order valence-electron chi connectivity index (χ1n) is 7.00. The molecule has 0 amide bonds. The first-order valence-corrected chi connectivity index (χ1v) is 7.88. The van der Waals surface area contributed by atoms with Crippen LogP contribution in [0.3, 0.4) is 0 Å². The van der Waals surface area contributed by atoms with Crippen LogP contribution in [0.25, 0.3) is 0 Å². The Kier molecular flexibility index (Phi) is 4.20. The summed E-state index contributed by atoms with van der Waals surface area (Å²) in [5, 5.41) is 7.11. The highest BCUT2D eigenvalue weighted by Crippen LogP contribution is 2.22. The van der Waals surface area contributed by atoms with Crippen molar-refractivity contribution in [3.63, 3.8) is 0 Å². The van der Waals surface area contributed by atoms with Crippen LogP contribution in [0.4, 0.5) is 0 Å². The molecule has 6 heteroatoms. The van der Waals surface area contributed by atoms with E-state index in [1.54, 1.807) is 18.4 Å². The molecule has 0 N–H and O–H groups in total. The second-order valence-electron chi connectivity index (χ2n) is 5.13. The molecule has 114 valence electrons. The fourth-order valence-electron chi connectivity index (χ4n) is 2.29. The van der Waals surface area contributed by atoms with Crippen molar-refractivity contribution in [2.45, 2.75) is 26.7 Å². The largest absolute Gasteiger partial charge is 0.496 e. The highest BCUT2D eigenvalue weighted by molar-refractivity contribution is 7.09. The summed E-state index contributed by atoms with van der Waals surface area (Å²) in [5.74, 6) is 2.09. The third-order valence-electron chi connectivity index (χ3n) is 3.29. The van der Waals surface area contributed by atoms with Crippen molar-refractivity contribution >= 4 is 11.3 Å². The molecule has 0 radical (unpaired) electrons. The Morgan fingerprint density at radius 3 is 2.77 bits per heavy atom. The summed E-state index contributed by atoms with van der Waals surface area (Å²) in [6, 6.07) is 6.07. The van der Waals surface area contributed by atoms with Crippen molar-refractivity contribution < 1.29 is 9.26 Å². The Morgan fingerprint density at radius 1 is 1.18 bits per heavy atom. The van der Waals surface area contributed by atoms with E-state index in [1.165, 1.54) is 5.56 Å². The van der Waals surface area contributed by atoms with Crippen LogP contribution in [0.1, 0.15) is 33.5 Å². The second kappa shape index (κ2) is 6.27. The number of nitrogens with zero attached hydrogens (tertiary/aromatic N) is 3. The lowest BCUT2D eigenvalue weighted by Gasteiger charge is -2.07. The van der Waals surface area contributed by atoms with Gasteiger partial charge in [0.1, 0.15) is 5.75 Å². The van der Waals surface area contributed by atoms with Crippen molar-refractivity contribution in [3.8, 4) is 5.75 Å². The van der Waals surface area contributed by atoms with Gasteiger partial charge in [-0.25, -0.2) is 4.98 Å². The summed E-state index contributed by atoms with van der Waals surface area (Å²) < 4.78 is 10.7. The zero-order valence-electron chi connectivity index (χ0n) is 12.8. The van der Waals surface area contributed by atoms with E-state index in [4.69, 9.17) is 9.26 Å². The fraction of sp³-hybridized carbons (Fsp3) is 0.312. The van der Waals surface area contributed by atoms with Crippen LogP contribution in [0, 0.1) is 13.8 Å². The molecule has 5 nitrogen and oxygen atoms in total. The van der Waals surface area contributed by atoms with Crippen molar-refractivity contribution in [3.05, 3.63) is 57.1 Å². The Bertz CT molecular complexity index is 779. The summed E-state index contributed by atoms with van der Waals surface area (Å²) in [6.45, 7) is 4.03. The predicted molar refractivity (Wildman–Crippen MR) is 84.5 cm³/mol. The maximum atomic E-state index is 5.38. The molecule has 0 saturated carbocycles. The van der Waals surface area contributed by atoms with E-state index in [-0.39, 0.29) is 0 Å². The first kappa shape index (κ1) is 14.7. The Labute approximate surface area is 133 Å². The molecule has 0 bridgehead atoms. The van der Waals surface area contributed by atoms with E-state index >= 15 is 0 Å². The molecular formula is C16H17N3O2S.